The number of amides is 1. The number of aromatic hydroxyl groups is 1. The van der Waals surface area contributed by atoms with Gasteiger partial charge in [-0.3, -0.25) is 4.79 Å². The summed E-state index contributed by atoms with van der Waals surface area (Å²) in [7, 11) is 0. The standard InChI is InChI=1S/C14H16Cl2N2O2/c1-7-9(4-12(20)18(7)8-5-17-6-8)13-11(19)3-2-10(15)14(13)16/h2-3,7-9,17,19H,4-6H2,1H3/t7-,9+/m1/s1. The SMILES string of the molecule is C[C@@H]1[C@@H](c2c(O)ccc(Cl)c2Cl)CC(=O)N1C1CNC1. The number of halogens is 2. The van der Waals surface area contributed by atoms with Gasteiger partial charge < -0.3 is 15.3 Å². The van der Waals surface area contributed by atoms with Gasteiger partial charge in [0.25, 0.3) is 0 Å². The van der Waals surface area contributed by atoms with E-state index in [0.29, 0.717) is 22.0 Å². The Morgan fingerprint density at radius 3 is 2.65 bits per heavy atom. The summed E-state index contributed by atoms with van der Waals surface area (Å²) >= 11 is 12.3. The van der Waals surface area contributed by atoms with Crippen LogP contribution in [0.5, 0.6) is 5.75 Å². The third-order valence-corrected chi connectivity index (χ3v) is 5.16. The summed E-state index contributed by atoms with van der Waals surface area (Å²) < 4.78 is 0. The Kier molecular flexibility index (Phi) is 3.56. The minimum absolute atomic E-state index is 0.0106. The van der Waals surface area contributed by atoms with E-state index in [1.165, 1.54) is 6.07 Å². The topological polar surface area (TPSA) is 52.6 Å². The van der Waals surface area contributed by atoms with Crippen LogP contribution in [0.15, 0.2) is 12.1 Å². The van der Waals surface area contributed by atoms with Crippen LogP contribution in [0.4, 0.5) is 0 Å². The first-order valence-electron chi connectivity index (χ1n) is 6.69. The fourth-order valence-electron chi connectivity index (χ4n) is 3.14. The fourth-order valence-corrected chi connectivity index (χ4v) is 3.61. The lowest BCUT2D eigenvalue weighted by molar-refractivity contribution is -0.131. The number of phenols is 1. The molecule has 6 heteroatoms. The Balaban J connectivity index is 1.95. The van der Waals surface area contributed by atoms with Crippen LogP contribution < -0.4 is 5.32 Å². The summed E-state index contributed by atoms with van der Waals surface area (Å²) in [6.07, 6.45) is 0.366. The van der Waals surface area contributed by atoms with Gasteiger partial charge in [0.15, 0.2) is 0 Å². The van der Waals surface area contributed by atoms with Crippen molar-refractivity contribution in [1.29, 1.82) is 0 Å². The van der Waals surface area contributed by atoms with Gasteiger partial charge in [0.1, 0.15) is 5.75 Å². The largest absolute Gasteiger partial charge is 0.508 e. The van der Waals surface area contributed by atoms with Gasteiger partial charge in [-0.05, 0) is 19.1 Å². The molecule has 3 rings (SSSR count). The van der Waals surface area contributed by atoms with Gasteiger partial charge in [-0.1, -0.05) is 23.2 Å². The molecule has 2 fully saturated rings. The molecule has 4 nitrogen and oxygen atoms in total. The molecular weight excluding hydrogens is 299 g/mol. The summed E-state index contributed by atoms with van der Waals surface area (Å²) in [5, 5.41) is 14.0. The molecule has 0 spiro atoms. The molecular formula is C14H16Cl2N2O2. The average Bonchev–Trinajstić information content (AvgIpc) is 2.61. The Labute approximate surface area is 127 Å². The third kappa shape index (κ3) is 2.07. The Morgan fingerprint density at radius 2 is 2.05 bits per heavy atom. The highest BCUT2D eigenvalue weighted by Crippen LogP contribution is 2.45. The molecule has 2 heterocycles. The zero-order valence-electron chi connectivity index (χ0n) is 11.1. The average molecular weight is 315 g/mol. The lowest BCUT2D eigenvalue weighted by Gasteiger charge is -2.39. The third-order valence-electron chi connectivity index (χ3n) is 4.34. The van der Waals surface area contributed by atoms with E-state index in [1.54, 1.807) is 6.07 Å². The Morgan fingerprint density at radius 1 is 1.35 bits per heavy atom. The van der Waals surface area contributed by atoms with Gasteiger partial charge in [-0.15, -0.1) is 0 Å². The molecule has 1 amide bonds. The van der Waals surface area contributed by atoms with Gasteiger partial charge in [0.2, 0.25) is 5.91 Å². The van der Waals surface area contributed by atoms with Crippen molar-refractivity contribution in [2.45, 2.75) is 31.3 Å². The molecule has 1 aromatic rings. The maximum atomic E-state index is 12.3. The predicted molar refractivity (Wildman–Crippen MR) is 78.5 cm³/mol. The van der Waals surface area contributed by atoms with Crippen molar-refractivity contribution >= 4 is 29.1 Å². The number of phenolic OH excluding ortho intramolecular Hbond substituents is 1. The molecule has 20 heavy (non-hydrogen) atoms. The molecule has 2 N–H and O–H groups in total. The Hall–Kier alpha value is -0.970. The van der Waals surface area contributed by atoms with E-state index in [2.05, 4.69) is 5.32 Å². The van der Waals surface area contributed by atoms with Crippen molar-refractivity contribution in [2.75, 3.05) is 13.1 Å². The molecule has 0 radical (unpaired) electrons. The maximum absolute atomic E-state index is 12.3. The maximum Gasteiger partial charge on any atom is 0.223 e. The zero-order valence-corrected chi connectivity index (χ0v) is 12.6. The van der Waals surface area contributed by atoms with Crippen molar-refractivity contribution in [1.82, 2.24) is 10.2 Å². The van der Waals surface area contributed by atoms with Gasteiger partial charge in [-0.2, -0.15) is 0 Å². The van der Waals surface area contributed by atoms with Gasteiger partial charge in [0, 0.05) is 37.0 Å². The van der Waals surface area contributed by atoms with Crippen LogP contribution in [0, 0.1) is 0 Å². The summed E-state index contributed by atoms with van der Waals surface area (Å²) in [6.45, 7) is 3.67. The number of benzene rings is 1. The summed E-state index contributed by atoms with van der Waals surface area (Å²) in [5.74, 6) is 0.108. The predicted octanol–water partition coefficient (Wildman–Crippen LogP) is 2.38. The van der Waals surface area contributed by atoms with Crippen molar-refractivity contribution < 1.29 is 9.90 Å². The highest BCUT2D eigenvalue weighted by molar-refractivity contribution is 6.42. The second-order valence-corrected chi connectivity index (χ2v) is 6.24. The highest BCUT2D eigenvalue weighted by atomic mass is 35.5. The molecule has 0 unspecified atom stereocenters. The lowest BCUT2D eigenvalue weighted by atomic mass is 9.91. The normalized spacial score (nSPS) is 26.9. The van der Waals surface area contributed by atoms with Crippen LogP contribution in [0.1, 0.15) is 24.8 Å². The van der Waals surface area contributed by atoms with E-state index in [9.17, 15) is 9.90 Å². The fraction of sp³-hybridized carbons (Fsp3) is 0.500. The molecule has 2 aliphatic rings. The first-order chi connectivity index (χ1) is 9.50. The molecule has 2 saturated heterocycles. The van der Waals surface area contributed by atoms with Crippen LogP contribution in [-0.2, 0) is 4.79 Å². The van der Waals surface area contributed by atoms with E-state index in [0.717, 1.165) is 13.1 Å². The number of hydrogen-bond donors (Lipinski definition) is 2. The first kappa shape index (κ1) is 14.0. The summed E-state index contributed by atoms with van der Waals surface area (Å²) in [4.78, 5) is 14.2. The number of carbonyl (C=O) groups is 1. The summed E-state index contributed by atoms with van der Waals surface area (Å²) in [6, 6.07) is 3.37. The molecule has 1 aromatic carbocycles. The number of nitrogens with one attached hydrogen (secondary N) is 1. The number of nitrogens with zero attached hydrogens (tertiary/aromatic N) is 1. The molecule has 0 saturated carbocycles. The van der Waals surface area contributed by atoms with Crippen LogP contribution in [0.3, 0.4) is 0 Å². The highest BCUT2D eigenvalue weighted by Gasteiger charge is 2.44. The van der Waals surface area contributed by atoms with E-state index in [4.69, 9.17) is 23.2 Å². The van der Waals surface area contributed by atoms with Crippen LogP contribution >= 0.6 is 23.2 Å². The second-order valence-electron chi connectivity index (χ2n) is 5.46. The van der Waals surface area contributed by atoms with E-state index in [-0.39, 0.29) is 29.7 Å². The lowest BCUT2D eigenvalue weighted by Crippen LogP contribution is -2.59. The zero-order chi connectivity index (χ0) is 14.4. The first-order valence-corrected chi connectivity index (χ1v) is 7.45. The Bertz CT molecular complexity index is 560. The quantitative estimate of drug-likeness (QED) is 0.881. The minimum atomic E-state index is -0.116. The monoisotopic (exact) mass is 314 g/mol. The van der Waals surface area contributed by atoms with Crippen molar-refractivity contribution in [3.63, 3.8) is 0 Å². The van der Waals surface area contributed by atoms with Crippen molar-refractivity contribution in [3.05, 3.63) is 27.7 Å². The van der Waals surface area contributed by atoms with Crippen LogP contribution in [-0.4, -0.2) is 41.1 Å². The van der Waals surface area contributed by atoms with Gasteiger partial charge in [0.05, 0.1) is 16.1 Å². The second kappa shape index (κ2) is 5.10. The molecule has 108 valence electrons. The smallest absolute Gasteiger partial charge is 0.223 e. The molecule has 2 atom stereocenters. The number of hydrogen-bond acceptors (Lipinski definition) is 3. The molecule has 2 aliphatic heterocycles. The number of carbonyl (C=O) groups excluding carboxylic acids is 1. The number of rotatable bonds is 2. The van der Waals surface area contributed by atoms with Crippen molar-refractivity contribution in [3.8, 4) is 5.75 Å². The molecule has 0 aromatic heterocycles. The van der Waals surface area contributed by atoms with Gasteiger partial charge >= 0.3 is 0 Å². The minimum Gasteiger partial charge on any atom is -0.508 e. The van der Waals surface area contributed by atoms with E-state index in [1.807, 2.05) is 11.8 Å². The molecule has 0 bridgehead atoms. The molecule has 0 aliphatic carbocycles. The van der Waals surface area contributed by atoms with E-state index < -0.39 is 0 Å². The summed E-state index contributed by atoms with van der Waals surface area (Å²) in [5.41, 5.74) is 0.592. The van der Waals surface area contributed by atoms with Crippen molar-refractivity contribution in [2.24, 2.45) is 0 Å². The van der Waals surface area contributed by atoms with E-state index >= 15 is 0 Å². The number of likely N-dealkylation sites (tertiary alicyclic amines) is 1. The van der Waals surface area contributed by atoms with Gasteiger partial charge in [-0.25, -0.2) is 0 Å². The van der Waals surface area contributed by atoms with Crippen LogP contribution in [0.2, 0.25) is 10.0 Å². The van der Waals surface area contributed by atoms with Crippen LogP contribution in [0.25, 0.3) is 0 Å².